The average molecular weight is 275 g/mol. The van der Waals surface area contributed by atoms with Crippen LogP contribution < -0.4 is 10.5 Å². The summed E-state index contributed by atoms with van der Waals surface area (Å²) in [5.41, 5.74) is 9.94. The van der Waals surface area contributed by atoms with Gasteiger partial charge in [-0.1, -0.05) is 6.07 Å². The van der Waals surface area contributed by atoms with Gasteiger partial charge < -0.3 is 10.5 Å². The molecular weight excluding hydrogens is 254 g/mol. The first-order chi connectivity index (χ1) is 9.15. The topological polar surface area (TPSA) is 35.2 Å². The third kappa shape index (κ3) is 3.17. The number of benzene rings is 1. The average Bonchev–Trinajstić information content (AvgIpc) is 2.81. The number of thiophene rings is 1. The molecule has 102 valence electrons. The van der Waals surface area contributed by atoms with Crippen molar-refractivity contribution >= 4 is 11.3 Å². The molecular formula is C16H21NOS. The highest BCUT2D eigenvalue weighted by molar-refractivity contribution is 7.10. The van der Waals surface area contributed by atoms with Crippen LogP contribution in [0.4, 0.5) is 0 Å². The first-order valence-electron chi connectivity index (χ1n) is 6.53. The monoisotopic (exact) mass is 275 g/mol. The molecule has 1 atom stereocenters. The molecule has 0 spiro atoms. The van der Waals surface area contributed by atoms with E-state index in [1.807, 2.05) is 17.4 Å². The van der Waals surface area contributed by atoms with Crippen LogP contribution in [0.3, 0.4) is 0 Å². The summed E-state index contributed by atoms with van der Waals surface area (Å²) in [7, 11) is 1.70. The lowest BCUT2D eigenvalue weighted by atomic mass is 9.91. The Balaban J connectivity index is 2.24. The minimum Gasteiger partial charge on any atom is -0.497 e. The summed E-state index contributed by atoms with van der Waals surface area (Å²) in [5, 5.41) is 2.15. The van der Waals surface area contributed by atoms with Gasteiger partial charge in [-0.15, -0.1) is 11.3 Å². The maximum absolute atomic E-state index is 5.98. The van der Waals surface area contributed by atoms with Crippen molar-refractivity contribution in [1.82, 2.24) is 0 Å². The van der Waals surface area contributed by atoms with Gasteiger partial charge in [0.1, 0.15) is 5.75 Å². The van der Waals surface area contributed by atoms with Crippen LogP contribution in [0.15, 0.2) is 29.6 Å². The summed E-state index contributed by atoms with van der Waals surface area (Å²) in [4.78, 5) is 1.44. The molecule has 19 heavy (non-hydrogen) atoms. The largest absolute Gasteiger partial charge is 0.497 e. The Hall–Kier alpha value is -1.32. The molecule has 2 N–H and O–H groups in total. The number of aryl methyl sites for hydroxylation is 2. The molecule has 2 aromatic rings. The lowest BCUT2D eigenvalue weighted by Crippen LogP contribution is -2.16. The number of hydrogen-bond acceptors (Lipinski definition) is 3. The molecule has 2 rings (SSSR count). The van der Waals surface area contributed by atoms with Crippen molar-refractivity contribution in [2.45, 2.75) is 26.2 Å². The van der Waals surface area contributed by atoms with E-state index in [2.05, 4.69) is 37.4 Å². The second-order valence-corrected chi connectivity index (χ2v) is 5.89. The van der Waals surface area contributed by atoms with Crippen molar-refractivity contribution < 1.29 is 4.74 Å². The summed E-state index contributed by atoms with van der Waals surface area (Å²) in [6, 6.07) is 8.43. The fourth-order valence-electron chi connectivity index (χ4n) is 2.39. The molecule has 0 aliphatic carbocycles. The molecule has 0 aliphatic rings. The molecule has 0 amide bonds. The highest BCUT2D eigenvalue weighted by Gasteiger charge is 2.15. The highest BCUT2D eigenvalue weighted by atomic mass is 32.1. The van der Waals surface area contributed by atoms with E-state index in [-0.39, 0.29) is 0 Å². The quantitative estimate of drug-likeness (QED) is 0.904. The zero-order valence-corrected chi connectivity index (χ0v) is 12.6. The summed E-state index contributed by atoms with van der Waals surface area (Å²) in [5.74, 6) is 1.28. The minimum absolute atomic E-state index is 0.378. The summed E-state index contributed by atoms with van der Waals surface area (Å²) in [6.07, 6.45) is 1.02. The lowest BCUT2D eigenvalue weighted by molar-refractivity contribution is 0.414. The highest BCUT2D eigenvalue weighted by Crippen LogP contribution is 2.29. The van der Waals surface area contributed by atoms with Crippen LogP contribution in [0.2, 0.25) is 0 Å². The second-order valence-electron chi connectivity index (χ2n) is 4.89. The van der Waals surface area contributed by atoms with Gasteiger partial charge in [0.05, 0.1) is 7.11 Å². The Kier molecular flexibility index (Phi) is 4.61. The molecule has 0 aliphatic heterocycles. The molecule has 1 heterocycles. The van der Waals surface area contributed by atoms with Gasteiger partial charge in [-0.05, 0) is 67.1 Å². The zero-order valence-electron chi connectivity index (χ0n) is 11.8. The third-order valence-corrected chi connectivity index (χ3v) is 4.65. The minimum atomic E-state index is 0.378. The number of ether oxygens (including phenoxy) is 1. The molecule has 3 heteroatoms. The van der Waals surface area contributed by atoms with Gasteiger partial charge in [0.25, 0.3) is 0 Å². The van der Waals surface area contributed by atoms with Crippen LogP contribution in [-0.4, -0.2) is 13.7 Å². The fraction of sp³-hybridized carbons (Fsp3) is 0.375. The maximum atomic E-state index is 5.98. The predicted octanol–water partition coefficient (Wildman–Crippen LogP) is 3.66. The zero-order chi connectivity index (χ0) is 13.8. The number of hydrogen-bond donors (Lipinski definition) is 1. The molecule has 0 radical (unpaired) electrons. The normalized spacial score (nSPS) is 12.4. The van der Waals surface area contributed by atoms with Crippen LogP contribution in [-0.2, 0) is 6.42 Å². The van der Waals surface area contributed by atoms with Crippen LogP contribution in [0, 0.1) is 13.8 Å². The SMILES string of the molecule is COc1ccc(C(CN)Cc2sccc2C)c(C)c1. The van der Waals surface area contributed by atoms with Crippen molar-refractivity contribution in [3.63, 3.8) is 0 Å². The Labute approximate surface area is 119 Å². The standard InChI is InChI=1S/C16H21NOS/c1-11-6-7-19-16(11)9-13(10-17)15-5-4-14(18-3)8-12(15)2/h4-8,13H,9-10,17H2,1-3H3. The predicted molar refractivity (Wildman–Crippen MR) is 82.3 cm³/mol. The molecule has 0 fully saturated rings. The van der Waals surface area contributed by atoms with E-state index < -0.39 is 0 Å². The fourth-order valence-corrected chi connectivity index (χ4v) is 3.38. The van der Waals surface area contributed by atoms with E-state index in [1.54, 1.807) is 7.11 Å². The van der Waals surface area contributed by atoms with Crippen molar-refractivity contribution in [2.24, 2.45) is 5.73 Å². The van der Waals surface area contributed by atoms with E-state index in [0.29, 0.717) is 12.5 Å². The first kappa shape index (κ1) is 14.1. The molecule has 1 aromatic carbocycles. The molecule has 1 aromatic heterocycles. The number of nitrogens with two attached hydrogens (primary N) is 1. The molecule has 0 saturated carbocycles. The van der Waals surface area contributed by atoms with E-state index in [1.165, 1.54) is 21.6 Å². The van der Waals surface area contributed by atoms with Crippen LogP contribution in [0.1, 0.15) is 27.5 Å². The van der Waals surface area contributed by atoms with E-state index >= 15 is 0 Å². The molecule has 0 saturated heterocycles. The van der Waals surface area contributed by atoms with Gasteiger partial charge >= 0.3 is 0 Å². The van der Waals surface area contributed by atoms with Crippen LogP contribution in [0.25, 0.3) is 0 Å². The van der Waals surface area contributed by atoms with E-state index in [0.717, 1.165) is 12.2 Å². The second kappa shape index (κ2) is 6.22. The van der Waals surface area contributed by atoms with Crippen LogP contribution >= 0.6 is 11.3 Å². The maximum Gasteiger partial charge on any atom is 0.119 e. The van der Waals surface area contributed by atoms with E-state index in [4.69, 9.17) is 10.5 Å². The van der Waals surface area contributed by atoms with Crippen molar-refractivity contribution in [3.05, 3.63) is 51.2 Å². The van der Waals surface area contributed by atoms with Gasteiger partial charge in [0, 0.05) is 10.8 Å². The molecule has 1 unspecified atom stereocenters. The van der Waals surface area contributed by atoms with E-state index in [9.17, 15) is 0 Å². The smallest absolute Gasteiger partial charge is 0.119 e. The summed E-state index contributed by atoms with van der Waals surface area (Å²) in [6.45, 7) is 4.96. The Morgan fingerprint density at radius 2 is 2.00 bits per heavy atom. The van der Waals surface area contributed by atoms with Crippen molar-refractivity contribution in [2.75, 3.05) is 13.7 Å². The molecule has 0 bridgehead atoms. The number of methoxy groups -OCH3 is 1. The van der Waals surface area contributed by atoms with Gasteiger partial charge in [0.15, 0.2) is 0 Å². The van der Waals surface area contributed by atoms with Gasteiger partial charge in [-0.25, -0.2) is 0 Å². The Morgan fingerprint density at radius 3 is 2.53 bits per heavy atom. The summed E-state index contributed by atoms with van der Waals surface area (Å²) < 4.78 is 5.26. The van der Waals surface area contributed by atoms with Crippen molar-refractivity contribution in [3.8, 4) is 5.75 Å². The Morgan fingerprint density at radius 1 is 1.21 bits per heavy atom. The molecule has 2 nitrogen and oxygen atoms in total. The van der Waals surface area contributed by atoms with Crippen molar-refractivity contribution in [1.29, 1.82) is 0 Å². The number of rotatable bonds is 5. The first-order valence-corrected chi connectivity index (χ1v) is 7.41. The van der Waals surface area contributed by atoms with Crippen LogP contribution in [0.5, 0.6) is 5.75 Å². The summed E-state index contributed by atoms with van der Waals surface area (Å²) >= 11 is 1.82. The lowest BCUT2D eigenvalue weighted by Gasteiger charge is -2.18. The third-order valence-electron chi connectivity index (χ3n) is 3.60. The van der Waals surface area contributed by atoms with Gasteiger partial charge in [-0.3, -0.25) is 0 Å². The Bertz CT molecular complexity index is 547. The van der Waals surface area contributed by atoms with Gasteiger partial charge in [-0.2, -0.15) is 0 Å². The van der Waals surface area contributed by atoms with Gasteiger partial charge in [0.2, 0.25) is 0 Å².